The van der Waals surface area contributed by atoms with E-state index in [2.05, 4.69) is 15.6 Å². The summed E-state index contributed by atoms with van der Waals surface area (Å²) in [5.74, 6) is 0.660. The molecule has 0 bridgehead atoms. The lowest BCUT2D eigenvalue weighted by atomic mass is 10.2. The van der Waals surface area contributed by atoms with Crippen LogP contribution in [0.3, 0.4) is 0 Å². The first-order chi connectivity index (χ1) is 8.63. The number of amides is 1. The molecule has 1 rings (SSSR count). The first-order valence-electron chi connectivity index (χ1n) is 6.47. The van der Waals surface area contributed by atoms with Crippen LogP contribution < -0.4 is 10.6 Å². The van der Waals surface area contributed by atoms with Crippen molar-refractivity contribution in [2.24, 2.45) is 4.99 Å². The summed E-state index contributed by atoms with van der Waals surface area (Å²) >= 11 is 0. The van der Waals surface area contributed by atoms with Crippen molar-refractivity contribution >= 4 is 11.9 Å². The highest BCUT2D eigenvalue weighted by molar-refractivity contribution is 5.84. The molecule has 0 radical (unpaired) electrons. The van der Waals surface area contributed by atoms with Gasteiger partial charge >= 0.3 is 0 Å². The molecule has 1 amide bonds. The topological polar surface area (TPSA) is 66.0 Å². The standard InChI is InChI=1S/C12H24N4O2/c1-4-13-12(15-9-11(17)16(2)3)14-8-10-6-5-7-18-10/h10H,4-9H2,1-3H3,(H2,13,14,15). The number of hydrogen-bond donors (Lipinski definition) is 2. The van der Waals surface area contributed by atoms with Gasteiger partial charge in [0.05, 0.1) is 6.10 Å². The van der Waals surface area contributed by atoms with E-state index in [-0.39, 0.29) is 18.6 Å². The normalized spacial score (nSPS) is 19.7. The highest BCUT2D eigenvalue weighted by atomic mass is 16.5. The Bertz CT molecular complexity index is 286. The van der Waals surface area contributed by atoms with Gasteiger partial charge in [-0.1, -0.05) is 0 Å². The minimum atomic E-state index is -0.00989. The molecule has 0 aromatic rings. The minimum absolute atomic E-state index is 0.00989. The lowest BCUT2D eigenvalue weighted by Gasteiger charge is -2.15. The molecule has 1 unspecified atom stereocenters. The fourth-order valence-corrected chi connectivity index (χ4v) is 1.65. The van der Waals surface area contributed by atoms with Crippen molar-refractivity contribution in [3.63, 3.8) is 0 Å². The number of hydrogen-bond acceptors (Lipinski definition) is 3. The van der Waals surface area contributed by atoms with Gasteiger partial charge in [0.15, 0.2) is 5.96 Å². The van der Waals surface area contributed by atoms with Gasteiger partial charge in [0.25, 0.3) is 0 Å². The summed E-state index contributed by atoms with van der Waals surface area (Å²) in [5.41, 5.74) is 0. The van der Waals surface area contributed by atoms with E-state index in [1.165, 1.54) is 4.90 Å². The minimum Gasteiger partial charge on any atom is -0.376 e. The van der Waals surface area contributed by atoms with Gasteiger partial charge in [-0.3, -0.25) is 4.79 Å². The van der Waals surface area contributed by atoms with Crippen LogP contribution in [0.15, 0.2) is 4.99 Å². The number of aliphatic imine (C=N–C) groups is 1. The molecule has 1 aliphatic rings. The number of ether oxygens (including phenoxy) is 1. The molecule has 2 N–H and O–H groups in total. The van der Waals surface area contributed by atoms with Crippen LogP contribution in [0.2, 0.25) is 0 Å². The summed E-state index contributed by atoms with van der Waals surface area (Å²) in [6, 6.07) is 0. The van der Waals surface area contributed by atoms with Gasteiger partial charge in [-0.15, -0.1) is 0 Å². The van der Waals surface area contributed by atoms with Gasteiger partial charge in [0.1, 0.15) is 6.54 Å². The fraction of sp³-hybridized carbons (Fsp3) is 0.833. The van der Waals surface area contributed by atoms with Crippen molar-refractivity contribution in [1.29, 1.82) is 0 Å². The van der Waals surface area contributed by atoms with E-state index < -0.39 is 0 Å². The number of carbonyl (C=O) groups is 1. The second-order valence-corrected chi connectivity index (χ2v) is 4.50. The molecule has 1 atom stereocenters. The Morgan fingerprint density at radius 1 is 1.44 bits per heavy atom. The van der Waals surface area contributed by atoms with E-state index in [9.17, 15) is 4.79 Å². The van der Waals surface area contributed by atoms with Crippen molar-refractivity contribution in [2.75, 3.05) is 40.3 Å². The summed E-state index contributed by atoms with van der Waals surface area (Å²) < 4.78 is 5.52. The number of likely N-dealkylation sites (N-methyl/N-ethyl adjacent to an activating group) is 1. The summed E-state index contributed by atoms with van der Waals surface area (Å²) in [5, 5.41) is 6.31. The van der Waals surface area contributed by atoms with Crippen LogP contribution in [0.25, 0.3) is 0 Å². The van der Waals surface area contributed by atoms with Gasteiger partial charge in [-0.05, 0) is 19.8 Å². The molecule has 1 heterocycles. The number of rotatable bonds is 5. The Morgan fingerprint density at radius 2 is 2.22 bits per heavy atom. The Morgan fingerprint density at radius 3 is 2.78 bits per heavy atom. The molecule has 1 saturated heterocycles. The monoisotopic (exact) mass is 256 g/mol. The van der Waals surface area contributed by atoms with Crippen LogP contribution in [0.5, 0.6) is 0 Å². The maximum atomic E-state index is 11.5. The quantitative estimate of drug-likeness (QED) is 0.528. The predicted molar refractivity (Wildman–Crippen MR) is 71.6 cm³/mol. The molecule has 1 aliphatic heterocycles. The molecule has 0 aromatic carbocycles. The zero-order valence-electron chi connectivity index (χ0n) is 11.5. The van der Waals surface area contributed by atoms with Gasteiger partial charge in [-0.2, -0.15) is 0 Å². The first kappa shape index (κ1) is 14.8. The third-order valence-corrected chi connectivity index (χ3v) is 2.74. The summed E-state index contributed by atoms with van der Waals surface area (Å²) in [6.07, 6.45) is 2.47. The fourth-order valence-electron chi connectivity index (χ4n) is 1.65. The molecule has 0 aromatic heterocycles. The average Bonchev–Trinajstić information content (AvgIpc) is 2.85. The number of nitrogens with one attached hydrogen (secondary N) is 2. The smallest absolute Gasteiger partial charge is 0.243 e. The van der Waals surface area contributed by atoms with Crippen molar-refractivity contribution < 1.29 is 9.53 Å². The third kappa shape index (κ3) is 5.35. The van der Waals surface area contributed by atoms with E-state index in [1.807, 2.05) is 6.92 Å². The second-order valence-electron chi connectivity index (χ2n) is 4.50. The van der Waals surface area contributed by atoms with E-state index in [0.29, 0.717) is 5.96 Å². The Balaban J connectivity index is 2.37. The number of guanidine groups is 1. The van der Waals surface area contributed by atoms with Crippen LogP contribution in [-0.2, 0) is 9.53 Å². The van der Waals surface area contributed by atoms with Crippen LogP contribution in [0.4, 0.5) is 0 Å². The molecule has 104 valence electrons. The SMILES string of the molecule is CCNC(=NCC(=O)N(C)C)NCC1CCCO1. The van der Waals surface area contributed by atoms with Gasteiger partial charge in [0.2, 0.25) is 5.91 Å². The molecule has 6 heteroatoms. The van der Waals surface area contributed by atoms with Crippen molar-refractivity contribution in [2.45, 2.75) is 25.9 Å². The largest absolute Gasteiger partial charge is 0.376 e. The molecule has 0 aliphatic carbocycles. The number of carbonyl (C=O) groups excluding carboxylic acids is 1. The Kier molecular flexibility index (Phi) is 6.49. The number of nitrogens with zero attached hydrogens (tertiary/aromatic N) is 2. The van der Waals surface area contributed by atoms with Gasteiger partial charge < -0.3 is 20.3 Å². The maximum absolute atomic E-state index is 11.5. The Hall–Kier alpha value is -1.30. The molecular formula is C12H24N4O2. The summed E-state index contributed by atoms with van der Waals surface area (Å²) in [7, 11) is 3.45. The van der Waals surface area contributed by atoms with E-state index >= 15 is 0 Å². The third-order valence-electron chi connectivity index (χ3n) is 2.74. The lowest BCUT2D eigenvalue weighted by Crippen LogP contribution is -2.41. The first-order valence-corrected chi connectivity index (χ1v) is 6.47. The van der Waals surface area contributed by atoms with E-state index in [1.54, 1.807) is 14.1 Å². The lowest BCUT2D eigenvalue weighted by molar-refractivity contribution is -0.127. The zero-order chi connectivity index (χ0) is 13.4. The van der Waals surface area contributed by atoms with E-state index in [0.717, 1.165) is 32.5 Å². The van der Waals surface area contributed by atoms with Crippen molar-refractivity contribution in [3.05, 3.63) is 0 Å². The summed E-state index contributed by atoms with van der Waals surface area (Å²) in [6.45, 7) is 4.51. The second kappa shape index (κ2) is 7.92. The highest BCUT2D eigenvalue weighted by Crippen LogP contribution is 2.10. The van der Waals surface area contributed by atoms with Crippen LogP contribution in [0.1, 0.15) is 19.8 Å². The molecule has 18 heavy (non-hydrogen) atoms. The molecule has 0 saturated carbocycles. The van der Waals surface area contributed by atoms with Crippen molar-refractivity contribution in [1.82, 2.24) is 15.5 Å². The molecule has 0 spiro atoms. The van der Waals surface area contributed by atoms with Crippen molar-refractivity contribution in [3.8, 4) is 0 Å². The van der Waals surface area contributed by atoms with Gasteiger partial charge in [0, 0.05) is 33.8 Å². The highest BCUT2D eigenvalue weighted by Gasteiger charge is 2.15. The summed E-state index contributed by atoms with van der Waals surface area (Å²) in [4.78, 5) is 17.2. The van der Waals surface area contributed by atoms with Crippen LogP contribution in [0, 0.1) is 0 Å². The zero-order valence-corrected chi connectivity index (χ0v) is 11.5. The molecule has 6 nitrogen and oxygen atoms in total. The average molecular weight is 256 g/mol. The molecule has 1 fully saturated rings. The van der Waals surface area contributed by atoms with Crippen LogP contribution in [-0.4, -0.2) is 63.2 Å². The van der Waals surface area contributed by atoms with E-state index in [4.69, 9.17) is 4.74 Å². The van der Waals surface area contributed by atoms with Crippen LogP contribution >= 0.6 is 0 Å². The maximum Gasteiger partial charge on any atom is 0.243 e. The van der Waals surface area contributed by atoms with Gasteiger partial charge in [-0.25, -0.2) is 4.99 Å². The predicted octanol–water partition coefficient (Wildman–Crippen LogP) is -0.191. The molecular weight excluding hydrogens is 232 g/mol. The Labute approximate surface area is 109 Å².